The molecule has 3 aromatic carbocycles. The zero-order valence-corrected chi connectivity index (χ0v) is 12.6. The molecule has 0 unspecified atom stereocenters. The minimum Gasteiger partial charge on any atom is -0.872 e. The van der Waals surface area contributed by atoms with Gasteiger partial charge in [0.1, 0.15) is 5.75 Å². The molecule has 3 rings (SSSR count). The first kappa shape index (κ1) is 14.2. The molecule has 0 radical (unpaired) electrons. The normalized spacial score (nSPS) is 10.6. The molecule has 2 nitrogen and oxygen atoms in total. The third-order valence-corrected chi connectivity index (χ3v) is 3.82. The quantitative estimate of drug-likeness (QED) is 0.759. The van der Waals surface area contributed by atoms with Crippen LogP contribution in [-0.2, 0) is 0 Å². The van der Waals surface area contributed by atoms with E-state index in [1.54, 1.807) is 6.07 Å². The lowest BCUT2D eigenvalue weighted by Gasteiger charge is -2.17. The van der Waals surface area contributed by atoms with Crippen LogP contribution >= 0.6 is 0 Å². The van der Waals surface area contributed by atoms with Crippen LogP contribution in [0.5, 0.6) is 11.5 Å². The van der Waals surface area contributed by atoms with Crippen molar-refractivity contribution >= 4 is 0 Å². The fourth-order valence-electron chi connectivity index (χ4n) is 2.49. The van der Waals surface area contributed by atoms with Crippen molar-refractivity contribution < 1.29 is 10.2 Å². The first-order valence-corrected chi connectivity index (χ1v) is 7.23. The van der Waals surface area contributed by atoms with Crippen LogP contribution in [-0.4, -0.2) is 5.11 Å². The summed E-state index contributed by atoms with van der Waals surface area (Å²) in [6, 6.07) is 18.5. The Kier molecular flexibility index (Phi) is 3.60. The summed E-state index contributed by atoms with van der Waals surface area (Å²) in [7, 11) is 0. The average Bonchev–Trinajstić information content (AvgIpc) is 2.51. The van der Waals surface area contributed by atoms with E-state index in [4.69, 9.17) is 0 Å². The summed E-state index contributed by atoms with van der Waals surface area (Å²) in [5.74, 6) is 0.0382. The van der Waals surface area contributed by atoms with Crippen molar-refractivity contribution in [2.45, 2.75) is 13.8 Å². The van der Waals surface area contributed by atoms with E-state index in [0.29, 0.717) is 11.1 Å². The van der Waals surface area contributed by atoms with Gasteiger partial charge >= 0.3 is 0 Å². The van der Waals surface area contributed by atoms with Gasteiger partial charge in [0.2, 0.25) is 0 Å². The van der Waals surface area contributed by atoms with E-state index < -0.39 is 0 Å². The van der Waals surface area contributed by atoms with Gasteiger partial charge < -0.3 is 10.2 Å². The van der Waals surface area contributed by atoms with Crippen molar-refractivity contribution in [2.24, 2.45) is 0 Å². The van der Waals surface area contributed by atoms with Crippen molar-refractivity contribution in [1.29, 1.82) is 0 Å². The topological polar surface area (TPSA) is 43.3 Å². The Morgan fingerprint density at radius 1 is 0.682 bits per heavy atom. The highest BCUT2D eigenvalue weighted by atomic mass is 16.3. The van der Waals surface area contributed by atoms with Crippen LogP contribution in [0, 0.1) is 13.8 Å². The highest BCUT2D eigenvalue weighted by Crippen LogP contribution is 2.38. The second-order valence-electron chi connectivity index (χ2n) is 5.60. The molecule has 2 heteroatoms. The zero-order valence-electron chi connectivity index (χ0n) is 12.6. The molecule has 0 heterocycles. The second kappa shape index (κ2) is 5.57. The number of phenolic OH excluding ortho intramolecular Hbond substituents is 1. The second-order valence-corrected chi connectivity index (χ2v) is 5.60. The van der Waals surface area contributed by atoms with E-state index in [0.717, 1.165) is 22.3 Å². The van der Waals surface area contributed by atoms with Crippen LogP contribution in [0.1, 0.15) is 11.1 Å². The van der Waals surface area contributed by atoms with Gasteiger partial charge in [-0.25, -0.2) is 0 Å². The Bertz CT molecular complexity index is 729. The Hall–Kier alpha value is -2.74. The van der Waals surface area contributed by atoms with E-state index in [-0.39, 0.29) is 11.5 Å². The van der Waals surface area contributed by atoms with Crippen molar-refractivity contribution in [3.8, 4) is 33.8 Å². The van der Waals surface area contributed by atoms with E-state index in [2.05, 4.69) is 0 Å². The summed E-state index contributed by atoms with van der Waals surface area (Å²) in [4.78, 5) is 0. The lowest BCUT2D eigenvalue weighted by molar-refractivity contribution is -0.267. The summed E-state index contributed by atoms with van der Waals surface area (Å²) >= 11 is 0. The van der Waals surface area contributed by atoms with Crippen molar-refractivity contribution in [3.63, 3.8) is 0 Å². The Morgan fingerprint density at radius 3 is 1.64 bits per heavy atom. The number of aromatic hydroxyl groups is 1. The predicted molar refractivity (Wildman–Crippen MR) is 87.9 cm³/mol. The number of hydrogen-bond acceptors (Lipinski definition) is 2. The summed E-state index contributed by atoms with van der Waals surface area (Å²) in [5.41, 5.74) is 5.03. The van der Waals surface area contributed by atoms with E-state index in [9.17, 15) is 10.2 Å². The lowest BCUT2D eigenvalue weighted by atomic mass is 9.97. The summed E-state index contributed by atoms with van der Waals surface area (Å²) < 4.78 is 0. The molecule has 0 saturated heterocycles. The molecule has 3 aromatic rings. The van der Waals surface area contributed by atoms with E-state index in [1.165, 1.54) is 6.07 Å². The maximum atomic E-state index is 12.4. The van der Waals surface area contributed by atoms with E-state index >= 15 is 0 Å². The highest BCUT2D eigenvalue weighted by molar-refractivity contribution is 5.80. The molecule has 22 heavy (non-hydrogen) atoms. The minimum atomic E-state index is -0.0859. The van der Waals surface area contributed by atoms with Crippen LogP contribution in [0.25, 0.3) is 22.3 Å². The van der Waals surface area contributed by atoms with Crippen molar-refractivity contribution in [3.05, 3.63) is 71.8 Å². The molecule has 110 valence electrons. The summed E-state index contributed by atoms with van der Waals surface area (Å²) in [6.07, 6.45) is 0. The first-order chi connectivity index (χ1) is 10.5. The van der Waals surface area contributed by atoms with Gasteiger partial charge in [0, 0.05) is 5.56 Å². The van der Waals surface area contributed by atoms with Gasteiger partial charge in [-0.2, -0.15) is 0 Å². The van der Waals surface area contributed by atoms with Crippen molar-refractivity contribution in [1.82, 2.24) is 0 Å². The Labute approximate surface area is 130 Å². The molecule has 1 N–H and O–H groups in total. The van der Waals surface area contributed by atoms with Crippen LogP contribution in [0.15, 0.2) is 60.7 Å². The Balaban J connectivity index is 2.08. The molecule has 0 aliphatic heterocycles. The molecule has 0 saturated carbocycles. The van der Waals surface area contributed by atoms with Gasteiger partial charge in [0.25, 0.3) is 0 Å². The lowest BCUT2D eigenvalue weighted by Crippen LogP contribution is -1.95. The third kappa shape index (κ3) is 2.68. The van der Waals surface area contributed by atoms with Gasteiger partial charge in [-0.1, -0.05) is 65.7 Å². The molecular weight excluding hydrogens is 272 g/mol. The summed E-state index contributed by atoms with van der Waals surface area (Å²) in [6.45, 7) is 4.00. The fraction of sp³-hybridized carbons (Fsp3) is 0.100. The molecule has 0 spiro atoms. The molecular formula is C20H17O2-. The van der Waals surface area contributed by atoms with Gasteiger partial charge in [-0.05, 0) is 36.6 Å². The molecule has 0 amide bonds. The van der Waals surface area contributed by atoms with Crippen LogP contribution in [0.3, 0.4) is 0 Å². The standard InChI is InChI=1S/C20H18O2/c1-13-3-7-15(8-4-13)17-11-20(22)18(12-19(17)21)16-9-5-14(2)6-10-16/h3-12,21-22H,1-2H3/p-1. The number of phenols is 1. The van der Waals surface area contributed by atoms with Gasteiger partial charge in [-0.3, -0.25) is 0 Å². The molecule has 0 aromatic heterocycles. The van der Waals surface area contributed by atoms with E-state index in [1.807, 2.05) is 62.4 Å². The molecule has 0 aliphatic carbocycles. The molecule has 0 bridgehead atoms. The monoisotopic (exact) mass is 289 g/mol. The number of benzene rings is 3. The fourth-order valence-corrected chi connectivity index (χ4v) is 2.49. The number of hydrogen-bond donors (Lipinski definition) is 1. The van der Waals surface area contributed by atoms with Crippen molar-refractivity contribution in [2.75, 3.05) is 0 Å². The van der Waals surface area contributed by atoms with Gasteiger partial charge in [0.15, 0.2) is 0 Å². The average molecular weight is 289 g/mol. The van der Waals surface area contributed by atoms with Gasteiger partial charge in [-0.15, -0.1) is 5.75 Å². The maximum absolute atomic E-state index is 12.4. The molecule has 0 aliphatic rings. The number of aryl methyl sites for hydroxylation is 2. The predicted octanol–water partition coefficient (Wildman–Crippen LogP) is 4.42. The SMILES string of the molecule is Cc1ccc(-c2cc(O)c(-c3ccc(C)cc3)cc2[O-])cc1. The smallest absolute Gasteiger partial charge is 0.123 e. The highest BCUT2D eigenvalue weighted by Gasteiger charge is 2.08. The molecule has 0 fully saturated rings. The minimum absolute atomic E-state index is 0.0859. The number of rotatable bonds is 2. The van der Waals surface area contributed by atoms with Crippen LogP contribution in [0.2, 0.25) is 0 Å². The van der Waals surface area contributed by atoms with Crippen LogP contribution in [0.4, 0.5) is 0 Å². The van der Waals surface area contributed by atoms with Gasteiger partial charge in [0.05, 0.1) is 0 Å². The maximum Gasteiger partial charge on any atom is 0.123 e. The van der Waals surface area contributed by atoms with Crippen LogP contribution < -0.4 is 5.11 Å². The largest absolute Gasteiger partial charge is 0.872 e. The first-order valence-electron chi connectivity index (χ1n) is 7.23. The molecule has 0 atom stereocenters. The zero-order chi connectivity index (χ0) is 15.7. The third-order valence-electron chi connectivity index (χ3n) is 3.82. The summed E-state index contributed by atoms with van der Waals surface area (Å²) in [5, 5.41) is 22.7. The Morgan fingerprint density at radius 2 is 1.14 bits per heavy atom.